The molecule has 3 rings (SSSR count). The third kappa shape index (κ3) is 1.52. The Hall–Kier alpha value is -1.02. The molecule has 86 valence electrons. The number of anilines is 1. The van der Waals surface area contributed by atoms with Crippen LogP contribution in [0.3, 0.4) is 0 Å². The fourth-order valence-electron chi connectivity index (χ4n) is 3.52. The van der Waals surface area contributed by atoms with Crippen molar-refractivity contribution in [2.24, 2.45) is 11.7 Å². The molecule has 1 aliphatic heterocycles. The first-order valence-corrected chi connectivity index (χ1v) is 6.45. The summed E-state index contributed by atoms with van der Waals surface area (Å²) in [5.41, 5.74) is 8.73. The first-order chi connectivity index (χ1) is 7.90. The molecule has 0 radical (unpaired) electrons. The van der Waals surface area contributed by atoms with Gasteiger partial charge in [0.1, 0.15) is 0 Å². The quantitative estimate of drug-likeness (QED) is 0.821. The molecule has 16 heavy (non-hydrogen) atoms. The number of nitrogens with zero attached hydrogens (tertiary/aromatic N) is 1. The second kappa shape index (κ2) is 4.10. The van der Waals surface area contributed by atoms with E-state index in [0.29, 0.717) is 0 Å². The molecule has 1 aromatic carbocycles. The van der Waals surface area contributed by atoms with Crippen LogP contribution in [0.4, 0.5) is 5.69 Å². The molecule has 0 bridgehead atoms. The number of fused-ring (bicyclic) bond motifs is 2. The first kappa shape index (κ1) is 10.2. The predicted molar refractivity (Wildman–Crippen MR) is 67.7 cm³/mol. The molecule has 0 aromatic heterocycles. The Labute approximate surface area is 97.4 Å². The van der Waals surface area contributed by atoms with Crippen molar-refractivity contribution >= 4 is 5.69 Å². The molecule has 1 fully saturated rings. The van der Waals surface area contributed by atoms with Crippen LogP contribution in [0.5, 0.6) is 0 Å². The van der Waals surface area contributed by atoms with Crippen LogP contribution in [0.2, 0.25) is 0 Å². The van der Waals surface area contributed by atoms with Crippen LogP contribution in [-0.2, 0) is 6.42 Å². The van der Waals surface area contributed by atoms with Crippen LogP contribution in [0, 0.1) is 5.92 Å². The molecule has 2 atom stereocenters. The van der Waals surface area contributed by atoms with Crippen LogP contribution in [0.15, 0.2) is 24.3 Å². The summed E-state index contributed by atoms with van der Waals surface area (Å²) in [6.07, 6.45) is 5.44. The average molecular weight is 216 g/mol. The van der Waals surface area contributed by atoms with Crippen LogP contribution < -0.4 is 10.6 Å². The van der Waals surface area contributed by atoms with Crippen molar-refractivity contribution in [1.82, 2.24) is 0 Å². The highest BCUT2D eigenvalue weighted by Crippen LogP contribution is 2.41. The molecule has 0 unspecified atom stereocenters. The highest BCUT2D eigenvalue weighted by molar-refractivity contribution is 5.57. The van der Waals surface area contributed by atoms with Gasteiger partial charge in [0.05, 0.1) is 0 Å². The smallest absolute Gasteiger partial charge is 0.0401 e. The lowest BCUT2D eigenvalue weighted by atomic mass is 9.87. The number of nitrogens with two attached hydrogens (primary N) is 1. The van der Waals surface area contributed by atoms with Gasteiger partial charge in [0, 0.05) is 24.8 Å². The van der Waals surface area contributed by atoms with Crippen LogP contribution in [0.25, 0.3) is 0 Å². The zero-order chi connectivity index (χ0) is 11.0. The monoisotopic (exact) mass is 216 g/mol. The third-order valence-electron chi connectivity index (χ3n) is 4.17. The highest BCUT2D eigenvalue weighted by atomic mass is 15.2. The van der Waals surface area contributed by atoms with E-state index in [-0.39, 0.29) is 0 Å². The van der Waals surface area contributed by atoms with Gasteiger partial charge < -0.3 is 10.6 Å². The summed E-state index contributed by atoms with van der Waals surface area (Å²) in [5, 5.41) is 0. The Kier molecular flexibility index (Phi) is 2.60. The summed E-state index contributed by atoms with van der Waals surface area (Å²) in [7, 11) is 0. The third-order valence-corrected chi connectivity index (χ3v) is 4.17. The fourth-order valence-corrected chi connectivity index (χ4v) is 3.52. The molecular formula is C14H20N2. The maximum Gasteiger partial charge on any atom is 0.0401 e. The Morgan fingerprint density at radius 1 is 1.25 bits per heavy atom. The van der Waals surface area contributed by atoms with Crippen molar-refractivity contribution in [3.8, 4) is 0 Å². The molecule has 1 aromatic rings. The van der Waals surface area contributed by atoms with E-state index < -0.39 is 0 Å². The Balaban J connectivity index is 1.98. The summed E-state index contributed by atoms with van der Waals surface area (Å²) >= 11 is 0. The zero-order valence-corrected chi connectivity index (χ0v) is 9.73. The molecule has 2 N–H and O–H groups in total. The molecule has 0 saturated heterocycles. The van der Waals surface area contributed by atoms with Crippen LogP contribution in [-0.4, -0.2) is 19.1 Å². The summed E-state index contributed by atoms with van der Waals surface area (Å²) in [6, 6.07) is 9.62. The SMILES string of the molecule is NCCN1c2ccccc2C[C@H]2CCC[C@H]21. The summed E-state index contributed by atoms with van der Waals surface area (Å²) in [5.74, 6) is 0.876. The standard InChI is InChI=1S/C14H20N2/c15-8-9-16-13-6-2-1-4-11(13)10-12-5-3-7-14(12)16/h1-2,4,6,12,14H,3,5,7-10,15H2/t12-,14-/m1/s1. The van der Waals surface area contributed by atoms with Crippen molar-refractivity contribution in [2.75, 3.05) is 18.0 Å². The van der Waals surface area contributed by atoms with Gasteiger partial charge >= 0.3 is 0 Å². The average Bonchev–Trinajstić information content (AvgIpc) is 2.77. The second-order valence-corrected chi connectivity index (χ2v) is 5.07. The van der Waals surface area contributed by atoms with E-state index in [1.54, 1.807) is 0 Å². The second-order valence-electron chi connectivity index (χ2n) is 5.07. The summed E-state index contributed by atoms with van der Waals surface area (Å²) in [6.45, 7) is 1.77. The maximum absolute atomic E-state index is 5.76. The number of hydrogen-bond acceptors (Lipinski definition) is 2. The number of hydrogen-bond donors (Lipinski definition) is 1. The largest absolute Gasteiger partial charge is 0.367 e. The van der Waals surface area contributed by atoms with Crippen molar-refractivity contribution in [3.05, 3.63) is 29.8 Å². The van der Waals surface area contributed by atoms with E-state index >= 15 is 0 Å². The van der Waals surface area contributed by atoms with E-state index in [0.717, 1.165) is 25.0 Å². The van der Waals surface area contributed by atoms with Gasteiger partial charge in [-0.05, 0) is 36.8 Å². The molecule has 0 amide bonds. The molecule has 0 spiro atoms. The Morgan fingerprint density at radius 3 is 3.00 bits per heavy atom. The Morgan fingerprint density at radius 2 is 2.12 bits per heavy atom. The number of para-hydroxylation sites is 1. The normalized spacial score (nSPS) is 27.7. The summed E-state index contributed by atoms with van der Waals surface area (Å²) < 4.78 is 0. The number of rotatable bonds is 2. The minimum Gasteiger partial charge on any atom is -0.367 e. The van der Waals surface area contributed by atoms with Gasteiger partial charge in [-0.25, -0.2) is 0 Å². The zero-order valence-electron chi connectivity index (χ0n) is 9.73. The van der Waals surface area contributed by atoms with Crippen molar-refractivity contribution < 1.29 is 0 Å². The lowest BCUT2D eigenvalue weighted by molar-refractivity contribution is 0.427. The molecule has 2 heteroatoms. The molecule has 1 heterocycles. The van der Waals surface area contributed by atoms with Gasteiger partial charge in [-0.2, -0.15) is 0 Å². The van der Waals surface area contributed by atoms with E-state index in [1.807, 2.05) is 0 Å². The minimum absolute atomic E-state index is 0.761. The first-order valence-electron chi connectivity index (χ1n) is 6.45. The minimum atomic E-state index is 0.761. The lowest BCUT2D eigenvalue weighted by Gasteiger charge is -2.40. The van der Waals surface area contributed by atoms with Gasteiger partial charge in [-0.15, -0.1) is 0 Å². The predicted octanol–water partition coefficient (Wildman–Crippen LogP) is 2.18. The van der Waals surface area contributed by atoms with E-state index in [2.05, 4.69) is 29.2 Å². The molecule has 2 aliphatic rings. The van der Waals surface area contributed by atoms with Crippen molar-refractivity contribution in [2.45, 2.75) is 31.7 Å². The number of benzene rings is 1. The van der Waals surface area contributed by atoms with E-state index in [4.69, 9.17) is 5.73 Å². The highest BCUT2D eigenvalue weighted by Gasteiger charge is 2.36. The summed E-state index contributed by atoms with van der Waals surface area (Å²) in [4.78, 5) is 2.57. The van der Waals surface area contributed by atoms with E-state index in [9.17, 15) is 0 Å². The molecule has 2 nitrogen and oxygen atoms in total. The van der Waals surface area contributed by atoms with Crippen molar-refractivity contribution in [1.29, 1.82) is 0 Å². The molecular weight excluding hydrogens is 196 g/mol. The van der Waals surface area contributed by atoms with Gasteiger partial charge in [-0.3, -0.25) is 0 Å². The van der Waals surface area contributed by atoms with Gasteiger partial charge in [-0.1, -0.05) is 24.6 Å². The lowest BCUT2D eigenvalue weighted by Crippen LogP contribution is -2.45. The Bertz CT molecular complexity index is 375. The van der Waals surface area contributed by atoms with Gasteiger partial charge in [0.2, 0.25) is 0 Å². The topological polar surface area (TPSA) is 29.3 Å². The fraction of sp³-hybridized carbons (Fsp3) is 0.571. The van der Waals surface area contributed by atoms with Crippen LogP contribution >= 0.6 is 0 Å². The van der Waals surface area contributed by atoms with Crippen LogP contribution in [0.1, 0.15) is 24.8 Å². The van der Waals surface area contributed by atoms with E-state index in [1.165, 1.54) is 36.9 Å². The van der Waals surface area contributed by atoms with Gasteiger partial charge in [0.15, 0.2) is 0 Å². The van der Waals surface area contributed by atoms with Gasteiger partial charge in [0.25, 0.3) is 0 Å². The molecule has 1 saturated carbocycles. The maximum atomic E-state index is 5.76. The van der Waals surface area contributed by atoms with Crippen molar-refractivity contribution in [3.63, 3.8) is 0 Å². The molecule has 1 aliphatic carbocycles.